The number of ether oxygens (including phenoxy) is 1. The van der Waals surface area contributed by atoms with E-state index < -0.39 is 0 Å². The highest BCUT2D eigenvalue weighted by Crippen LogP contribution is 2.14. The summed E-state index contributed by atoms with van der Waals surface area (Å²) in [5, 5.41) is 7.78. The number of nitrogens with one attached hydrogen (secondary N) is 1. The largest absolute Gasteiger partial charge is 0.379 e. The van der Waals surface area contributed by atoms with E-state index in [4.69, 9.17) is 4.74 Å². The summed E-state index contributed by atoms with van der Waals surface area (Å²) in [4.78, 5) is 0. The van der Waals surface area contributed by atoms with E-state index in [9.17, 15) is 0 Å². The molecule has 15 heavy (non-hydrogen) atoms. The highest BCUT2D eigenvalue weighted by atomic mass is 16.5. The van der Waals surface area contributed by atoms with E-state index in [0.29, 0.717) is 12.0 Å². The zero-order valence-electron chi connectivity index (χ0n) is 9.44. The molecule has 0 radical (unpaired) electrons. The Morgan fingerprint density at radius 3 is 3.20 bits per heavy atom. The van der Waals surface area contributed by atoms with Gasteiger partial charge < -0.3 is 10.1 Å². The first-order valence-electron chi connectivity index (χ1n) is 5.62. The van der Waals surface area contributed by atoms with Gasteiger partial charge in [0.25, 0.3) is 0 Å². The first-order chi connectivity index (χ1) is 7.25. The predicted octanol–water partition coefficient (Wildman–Crippen LogP) is 1.74. The van der Waals surface area contributed by atoms with Crippen LogP contribution >= 0.6 is 0 Å². The highest BCUT2D eigenvalue weighted by molar-refractivity contribution is 5.35. The van der Waals surface area contributed by atoms with Crippen LogP contribution in [0.15, 0.2) is 12.3 Å². The van der Waals surface area contributed by atoms with E-state index in [1.807, 2.05) is 16.9 Å². The molecule has 0 aromatic carbocycles. The molecule has 4 heteroatoms. The maximum atomic E-state index is 5.33. The number of hydrogen-bond acceptors (Lipinski definition) is 3. The SMILES string of the molecule is CC(C)Cn1nccc1NC1CCOC1. The summed E-state index contributed by atoms with van der Waals surface area (Å²) in [6, 6.07) is 2.48. The van der Waals surface area contributed by atoms with Gasteiger partial charge in [0.05, 0.1) is 18.8 Å². The van der Waals surface area contributed by atoms with Crippen molar-refractivity contribution in [2.24, 2.45) is 5.92 Å². The van der Waals surface area contributed by atoms with Crippen molar-refractivity contribution in [3.63, 3.8) is 0 Å². The third-order valence-electron chi connectivity index (χ3n) is 2.54. The minimum atomic E-state index is 0.451. The topological polar surface area (TPSA) is 39.1 Å². The second kappa shape index (κ2) is 4.66. The van der Waals surface area contributed by atoms with E-state index >= 15 is 0 Å². The molecule has 2 rings (SSSR count). The van der Waals surface area contributed by atoms with E-state index in [1.54, 1.807) is 0 Å². The van der Waals surface area contributed by atoms with Gasteiger partial charge in [0.15, 0.2) is 0 Å². The lowest BCUT2D eigenvalue weighted by atomic mass is 10.2. The molecule has 0 bridgehead atoms. The van der Waals surface area contributed by atoms with Crippen LogP contribution < -0.4 is 5.32 Å². The molecule has 1 aliphatic heterocycles. The van der Waals surface area contributed by atoms with Gasteiger partial charge in [0, 0.05) is 19.2 Å². The molecule has 1 N–H and O–H groups in total. The molecule has 1 aromatic heterocycles. The van der Waals surface area contributed by atoms with Gasteiger partial charge in [-0.2, -0.15) is 5.10 Å². The maximum absolute atomic E-state index is 5.33. The van der Waals surface area contributed by atoms with Crippen LogP contribution in [0.25, 0.3) is 0 Å². The molecule has 0 spiro atoms. The molecule has 1 saturated heterocycles. The molecule has 1 aromatic rings. The van der Waals surface area contributed by atoms with Gasteiger partial charge in [-0.1, -0.05) is 13.8 Å². The van der Waals surface area contributed by atoms with E-state index in [0.717, 1.165) is 32.0 Å². The lowest BCUT2D eigenvalue weighted by Gasteiger charge is -2.15. The summed E-state index contributed by atoms with van der Waals surface area (Å²) >= 11 is 0. The number of hydrogen-bond donors (Lipinski definition) is 1. The van der Waals surface area contributed by atoms with Gasteiger partial charge >= 0.3 is 0 Å². The predicted molar refractivity (Wildman–Crippen MR) is 59.9 cm³/mol. The van der Waals surface area contributed by atoms with Crippen LogP contribution in [-0.4, -0.2) is 29.0 Å². The number of rotatable bonds is 4. The van der Waals surface area contributed by atoms with Crippen molar-refractivity contribution in [1.29, 1.82) is 0 Å². The molecule has 84 valence electrons. The smallest absolute Gasteiger partial charge is 0.124 e. The Kier molecular flexibility index (Phi) is 3.26. The average Bonchev–Trinajstić information content (AvgIpc) is 2.78. The molecule has 1 fully saturated rings. The molecule has 1 atom stereocenters. The normalized spacial score (nSPS) is 21.1. The monoisotopic (exact) mass is 209 g/mol. The third-order valence-corrected chi connectivity index (χ3v) is 2.54. The van der Waals surface area contributed by atoms with Crippen LogP contribution in [0.3, 0.4) is 0 Å². The minimum absolute atomic E-state index is 0.451. The summed E-state index contributed by atoms with van der Waals surface area (Å²) in [5.74, 6) is 1.73. The molecule has 0 saturated carbocycles. The number of aromatic nitrogens is 2. The van der Waals surface area contributed by atoms with Crippen LogP contribution in [0, 0.1) is 5.92 Å². The van der Waals surface area contributed by atoms with Crippen molar-refractivity contribution in [3.05, 3.63) is 12.3 Å². The molecular weight excluding hydrogens is 190 g/mol. The summed E-state index contributed by atoms with van der Waals surface area (Å²) < 4.78 is 7.37. The van der Waals surface area contributed by atoms with Crippen LogP contribution in [-0.2, 0) is 11.3 Å². The van der Waals surface area contributed by atoms with Gasteiger partial charge in [-0.15, -0.1) is 0 Å². The van der Waals surface area contributed by atoms with Crippen molar-refractivity contribution in [1.82, 2.24) is 9.78 Å². The number of nitrogens with zero attached hydrogens (tertiary/aromatic N) is 2. The summed E-state index contributed by atoms with van der Waals surface area (Å²) in [6.45, 7) is 7.04. The van der Waals surface area contributed by atoms with Crippen molar-refractivity contribution in [3.8, 4) is 0 Å². The van der Waals surface area contributed by atoms with Gasteiger partial charge in [-0.05, 0) is 12.3 Å². The quantitative estimate of drug-likeness (QED) is 0.821. The average molecular weight is 209 g/mol. The van der Waals surface area contributed by atoms with Crippen LogP contribution in [0.1, 0.15) is 20.3 Å². The molecule has 0 amide bonds. The number of anilines is 1. The Morgan fingerprint density at radius 1 is 1.67 bits per heavy atom. The molecule has 2 heterocycles. The third kappa shape index (κ3) is 2.72. The van der Waals surface area contributed by atoms with Gasteiger partial charge in [0.1, 0.15) is 5.82 Å². The summed E-state index contributed by atoms with van der Waals surface area (Å²) in [5.41, 5.74) is 0. The minimum Gasteiger partial charge on any atom is -0.379 e. The Morgan fingerprint density at radius 2 is 2.53 bits per heavy atom. The van der Waals surface area contributed by atoms with Gasteiger partial charge in [0.2, 0.25) is 0 Å². The van der Waals surface area contributed by atoms with E-state index in [-0.39, 0.29) is 0 Å². The van der Waals surface area contributed by atoms with Crippen molar-refractivity contribution >= 4 is 5.82 Å². The highest BCUT2D eigenvalue weighted by Gasteiger charge is 2.16. The van der Waals surface area contributed by atoms with Crippen molar-refractivity contribution < 1.29 is 4.74 Å². The summed E-state index contributed by atoms with van der Waals surface area (Å²) in [6.07, 6.45) is 2.94. The second-order valence-corrected chi connectivity index (χ2v) is 4.50. The molecule has 0 aliphatic carbocycles. The first kappa shape index (κ1) is 10.5. The first-order valence-corrected chi connectivity index (χ1v) is 5.62. The fourth-order valence-corrected chi connectivity index (χ4v) is 1.80. The fraction of sp³-hybridized carbons (Fsp3) is 0.727. The Balaban J connectivity index is 1.97. The molecular formula is C11H19N3O. The van der Waals surface area contributed by atoms with Crippen LogP contribution in [0.5, 0.6) is 0 Å². The van der Waals surface area contributed by atoms with Gasteiger partial charge in [-0.3, -0.25) is 0 Å². The molecule has 4 nitrogen and oxygen atoms in total. The lowest BCUT2D eigenvalue weighted by Crippen LogP contribution is -2.22. The zero-order valence-corrected chi connectivity index (χ0v) is 9.44. The van der Waals surface area contributed by atoms with Gasteiger partial charge in [-0.25, -0.2) is 4.68 Å². The fourth-order valence-electron chi connectivity index (χ4n) is 1.80. The Bertz CT molecular complexity index is 303. The second-order valence-electron chi connectivity index (χ2n) is 4.50. The van der Waals surface area contributed by atoms with Crippen LogP contribution in [0.4, 0.5) is 5.82 Å². The van der Waals surface area contributed by atoms with Crippen LogP contribution in [0.2, 0.25) is 0 Å². The maximum Gasteiger partial charge on any atom is 0.124 e. The Hall–Kier alpha value is -1.03. The van der Waals surface area contributed by atoms with Crippen molar-refractivity contribution in [2.45, 2.75) is 32.9 Å². The molecule has 1 aliphatic rings. The standard InChI is InChI=1S/C11H19N3O/c1-9(2)7-14-11(3-5-12-14)13-10-4-6-15-8-10/h3,5,9-10,13H,4,6-8H2,1-2H3. The van der Waals surface area contributed by atoms with E-state index in [1.165, 1.54) is 0 Å². The van der Waals surface area contributed by atoms with Crippen molar-refractivity contribution in [2.75, 3.05) is 18.5 Å². The summed E-state index contributed by atoms with van der Waals surface area (Å²) in [7, 11) is 0. The zero-order chi connectivity index (χ0) is 10.7. The molecule has 1 unspecified atom stereocenters. The Labute approximate surface area is 90.6 Å². The lowest BCUT2D eigenvalue weighted by molar-refractivity contribution is 0.195. The van der Waals surface area contributed by atoms with E-state index in [2.05, 4.69) is 24.3 Å².